The maximum absolute atomic E-state index is 12.2. The first-order valence-electron chi connectivity index (χ1n) is 8.85. The fourth-order valence-electron chi connectivity index (χ4n) is 2.64. The van der Waals surface area contributed by atoms with E-state index in [0.29, 0.717) is 12.5 Å². The Balaban J connectivity index is 1.50. The zero-order chi connectivity index (χ0) is 20.0. The molecule has 148 valence electrons. The van der Waals surface area contributed by atoms with Crippen LogP contribution in [0.3, 0.4) is 0 Å². The van der Waals surface area contributed by atoms with Crippen molar-refractivity contribution in [2.75, 3.05) is 20.1 Å². The van der Waals surface area contributed by atoms with Crippen LogP contribution in [-0.4, -0.2) is 39.5 Å². The van der Waals surface area contributed by atoms with Gasteiger partial charge in [-0.1, -0.05) is 18.2 Å². The second kappa shape index (κ2) is 8.85. The summed E-state index contributed by atoms with van der Waals surface area (Å²) in [6.07, 6.45) is 2.84. The molecule has 0 bridgehead atoms. The van der Waals surface area contributed by atoms with Crippen molar-refractivity contribution >= 4 is 27.0 Å². The van der Waals surface area contributed by atoms with E-state index in [4.69, 9.17) is 4.42 Å². The third-order valence-corrected chi connectivity index (χ3v) is 5.55. The highest BCUT2D eigenvalue weighted by Gasteiger charge is 2.14. The summed E-state index contributed by atoms with van der Waals surface area (Å²) in [7, 11) is -1.92. The van der Waals surface area contributed by atoms with Gasteiger partial charge in [0.1, 0.15) is 16.2 Å². The predicted molar refractivity (Wildman–Crippen MR) is 109 cm³/mol. The number of furan rings is 1. The molecule has 0 saturated heterocycles. The first-order chi connectivity index (χ1) is 13.5. The standard InChI is InChI=1S/C19H23N5O3S/c1-14(18-12-15-6-3-4-8-17(15)27-18)24-19(20-2)22-10-11-23-28(25,26)16-7-5-9-21-13-16/h3-9,12-14,23H,10-11H2,1-2H3,(H2,20,22,24). The summed E-state index contributed by atoms with van der Waals surface area (Å²) in [5.41, 5.74) is 0.832. The van der Waals surface area contributed by atoms with Gasteiger partial charge in [-0.3, -0.25) is 9.98 Å². The third-order valence-electron chi connectivity index (χ3n) is 4.10. The average molecular weight is 401 g/mol. The second-order valence-electron chi connectivity index (χ2n) is 6.14. The van der Waals surface area contributed by atoms with Crippen LogP contribution in [0.5, 0.6) is 0 Å². The van der Waals surface area contributed by atoms with Gasteiger partial charge in [-0.05, 0) is 31.2 Å². The van der Waals surface area contributed by atoms with Crippen LogP contribution in [0.2, 0.25) is 0 Å². The van der Waals surface area contributed by atoms with Crippen LogP contribution in [0.1, 0.15) is 18.7 Å². The molecule has 28 heavy (non-hydrogen) atoms. The van der Waals surface area contributed by atoms with E-state index in [2.05, 4.69) is 25.3 Å². The molecule has 2 heterocycles. The number of guanidine groups is 1. The van der Waals surface area contributed by atoms with Crippen LogP contribution in [-0.2, 0) is 10.0 Å². The number of hydrogen-bond acceptors (Lipinski definition) is 5. The Hall–Kier alpha value is -2.91. The molecule has 0 saturated carbocycles. The molecule has 1 unspecified atom stereocenters. The molecule has 0 amide bonds. The third kappa shape index (κ3) is 4.87. The zero-order valence-corrected chi connectivity index (χ0v) is 16.5. The lowest BCUT2D eigenvalue weighted by molar-refractivity contribution is 0.488. The SMILES string of the molecule is CN=C(NCCNS(=O)(=O)c1cccnc1)NC(C)c1cc2ccccc2o1. The summed E-state index contributed by atoms with van der Waals surface area (Å²) in [4.78, 5) is 8.13. The van der Waals surface area contributed by atoms with E-state index in [1.165, 1.54) is 18.5 Å². The van der Waals surface area contributed by atoms with Crippen LogP contribution in [0.4, 0.5) is 0 Å². The molecule has 0 radical (unpaired) electrons. The first kappa shape index (κ1) is 19.8. The van der Waals surface area contributed by atoms with E-state index in [0.717, 1.165) is 16.7 Å². The lowest BCUT2D eigenvalue weighted by Gasteiger charge is -2.16. The molecule has 3 N–H and O–H groups in total. The van der Waals surface area contributed by atoms with E-state index in [-0.39, 0.29) is 17.5 Å². The van der Waals surface area contributed by atoms with Gasteiger partial charge in [0, 0.05) is 37.9 Å². The van der Waals surface area contributed by atoms with E-state index in [1.54, 1.807) is 13.1 Å². The van der Waals surface area contributed by atoms with Gasteiger partial charge >= 0.3 is 0 Å². The van der Waals surface area contributed by atoms with E-state index in [9.17, 15) is 8.42 Å². The fraction of sp³-hybridized carbons (Fsp3) is 0.263. The highest BCUT2D eigenvalue weighted by Crippen LogP contribution is 2.23. The number of fused-ring (bicyclic) bond motifs is 1. The van der Waals surface area contributed by atoms with Crippen LogP contribution in [0.15, 0.2) is 69.2 Å². The Morgan fingerprint density at radius 1 is 1.21 bits per heavy atom. The van der Waals surface area contributed by atoms with Gasteiger partial charge in [0.05, 0.1) is 6.04 Å². The number of pyridine rings is 1. The Bertz CT molecular complexity index is 1010. The summed E-state index contributed by atoms with van der Waals surface area (Å²) >= 11 is 0. The number of benzene rings is 1. The van der Waals surface area contributed by atoms with Gasteiger partial charge in [0.15, 0.2) is 5.96 Å². The molecule has 0 aliphatic carbocycles. The Kier molecular flexibility index (Phi) is 6.27. The van der Waals surface area contributed by atoms with Crippen LogP contribution < -0.4 is 15.4 Å². The molecule has 0 aliphatic rings. The van der Waals surface area contributed by atoms with Crippen molar-refractivity contribution in [2.24, 2.45) is 4.99 Å². The molecule has 0 aliphatic heterocycles. The second-order valence-corrected chi connectivity index (χ2v) is 7.91. The molecule has 0 fully saturated rings. The highest BCUT2D eigenvalue weighted by molar-refractivity contribution is 7.89. The van der Waals surface area contributed by atoms with Crippen molar-refractivity contribution in [3.63, 3.8) is 0 Å². The normalized spacial score (nSPS) is 13.4. The number of sulfonamides is 1. The Morgan fingerprint density at radius 2 is 2.04 bits per heavy atom. The van der Waals surface area contributed by atoms with E-state index < -0.39 is 10.0 Å². The topological polar surface area (TPSA) is 109 Å². The molecule has 1 aromatic carbocycles. The monoisotopic (exact) mass is 401 g/mol. The van der Waals surface area contributed by atoms with Crippen molar-refractivity contribution in [3.05, 3.63) is 60.6 Å². The molecular weight excluding hydrogens is 378 g/mol. The zero-order valence-electron chi connectivity index (χ0n) is 15.7. The molecule has 9 heteroatoms. The fourth-order valence-corrected chi connectivity index (χ4v) is 3.64. The Labute approximate surface area is 164 Å². The minimum absolute atomic E-state index is 0.106. The highest BCUT2D eigenvalue weighted by atomic mass is 32.2. The van der Waals surface area contributed by atoms with Crippen LogP contribution in [0.25, 0.3) is 11.0 Å². The lowest BCUT2D eigenvalue weighted by Crippen LogP contribution is -2.42. The smallest absolute Gasteiger partial charge is 0.242 e. The summed E-state index contributed by atoms with van der Waals surface area (Å²) in [6, 6.07) is 12.8. The molecule has 8 nitrogen and oxygen atoms in total. The quantitative estimate of drug-likeness (QED) is 0.318. The summed E-state index contributed by atoms with van der Waals surface area (Å²) in [5.74, 6) is 1.34. The van der Waals surface area contributed by atoms with Crippen molar-refractivity contribution < 1.29 is 12.8 Å². The first-order valence-corrected chi connectivity index (χ1v) is 10.3. The molecule has 3 aromatic rings. The van der Waals surface area contributed by atoms with Crippen LogP contribution in [0, 0.1) is 0 Å². The van der Waals surface area contributed by atoms with Gasteiger partial charge in [-0.2, -0.15) is 0 Å². The van der Waals surface area contributed by atoms with Crippen molar-refractivity contribution in [1.29, 1.82) is 0 Å². The number of aromatic nitrogens is 1. The number of aliphatic imine (C=N–C) groups is 1. The number of nitrogens with one attached hydrogen (secondary N) is 3. The van der Waals surface area contributed by atoms with Crippen LogP contribution >= 0.6 is 0 Å². The molecule has 3 rings (SSSR count). The predicted octanol–water partition coefficient (Wildman–Crippen LogP) is 2.03. The van der Waals surface area contributed by atoms with Gasteiger partial charge in [-0.25, -0.2) is 13.1 Å². The van der Waals surface area contributed by atoms with Crippen molar-refractivity contribution in [1.82, 2.24) is 20.3 Å². The minimum atomic E-state index is -3.57. The van der Waals surface area contributed by atoms with Gasteiger partial charge in [-0.15, -0.1) is 0 Å². The van der Waals surface area contributed by atoms with Gasteiger partial charge in [0.25, 0.3) is 0 Å². The largest absolute Gasteiger partial charge is 0.459 e. The molecular formula is C19H23N5O3S. The maximum Gasteiger partial charge on any atom is 0.242 e. The number of nitrogens with zero attached hydrogens (tertiary/aromatic N) is 2. The number of hydrogen-bond donors (Lipinski definition) is 3. The summed E-state index contributed by atoms with van der Waals surface area (Å²) in [5, 5.41) is 7.35. The van der Waals surface area contributed by atoms with E-state index >= 15 is 0 Å². The molecule has 1 atom stereocenters. The molecule has 2 aromatic heterocycles. The summed E-state index contributed by atoms with van der Waals surface area (Å²) < 4.78 is 32.7. The Morgan fingerprint density at radius 3 is 2.75 bits per heavy atom. The average Bonchev–Trinajstić information content (AvgIpc) is 3.15. The maximum atomic E-state index is 12.2. The van der Waals surface area contributed by atoms with Gasteiger partial charge in [0.2, 0.25) is 10.0 Å². The molecule has 0 spiro atoms. The number of para-hydroxylation sites is 1. The minimum Gasteiger partial charge on any atom is -0.459 e. The lowest BCUT2D eigenvalue weighted by atomic mass is 10.2. The summed E-state index contributed by atoms with van der Waals surface area (Å²) in [6.45, 7) is 2.54. The number of rotatable bonds is 7. The van der Waals surface area contributed by atoms with Gasteiger partial charge < -0.3 is 15.1 Å². The van der Waals surface area contributed by atoms with Crippen molar-refractivity contribution in [3.8, 4) is 0 Å². The van der Waals surface area contributed by atoms with Crippen molar-refractivity contribution in [2.45, 2.75) is 17.9 Å². The van der Waals surface area contributed by atoms with E-state index in [1.807, 2.05) is 37.3 Å².